The van der Waals surface area contributed by atoms with Crippen molar-refractivity contribution < 1.29 is 22.7 Å². The molecule has 0 aliphatic carbocycles. The number of aromatic nitrogens is 2. The van der Waals surface area contributed by atoms with Gasteiger partial charge in [0, 0.05) is 10.2 Å². The normalized spacial score (nSPS) is 11.1. The number of anilines is 1. The predicted molar refractivity (Wildman–Crippen MR) is 126 cm³/mol. The lowest BCUT2D eigenvalue weighted by molar-refractivity contribution is -0.113. The van der Waals surface area contributed by atoms with Crippen LogP contribution in [0.25, 0.3) is 0 Å². The first-order valence-corrected chi connectivity index (χ1v) is 12.8. The van der Waals surface area contributed by atoms with Crippen LogP contribution in [0.4, 0.5) is 5.69 Å². The number of benzene rings is 2. The van der Waals surface area contributed by atoms with Crippen LogP contribution in [0, 0.1) is 0 Å². The largest absolute Gasteiger partial charge is 0.462 e. The molecule has 0 aliphatic rings. The van der Waals surface area contributed by atoms with Crippen LogP contribution in [0.1, 0.15) is 17.3 Å². The summed E-state index contributed by atoms with van der Waals surface area (Å²) in [6, 6.07) is 12.2. The number of thioether (sulfide) groups is 1. The molecule has 0 atom stereocenters. The molecule has 3 rings (SSSR count). The molecule has 0 unspecified atom stereocenters. The van der Waals surface area contributed by atoms with E-state index in [0.29, 0.717) is 15.7 Å². The zero-order valence-electron chi connectivity index (χ0n) is 17.2. The van der Waals surface area contributed by atoms with Gasteiger partial charge in [0.05, 0.1) is 29.0 Å². The van der Waals surface area contributed by atoms with Crippen molar-refractivity contribution in [3.05, 3.63) is 75.1 Å². The fourth-order valence-corrected chi connectivity index (χ4v) is 4.77. The highest BCUT2D eigenvalue weighted by Crippen LogP contribution is 2.21. The third-order valence-corrected chi connectivity index (χ3v) is 7.33. The molecule has 0 saturated heterocycles. The van der Waals surface area contributed by atoms with Gasteiger partial charge in [0.1, 0.15) is 0 Å². The van der Waals surface area contributed by atoms with Gasteiger partial charge in [-0.3, -0.25) is 9.59 Å². The molecular weight excluding hydrogens is 534 g/mol. The lowest BCUT2D eigenvalue weighted by Gasteiger charge is -2.08. The predicted octanol–water partition coefficient (Wildman–Crippen LogP) is 3.27. The first-order chi connectivity index (χ1) is 15.7. The maximum atomic E-state index is 12.7. The van der Waals surface area contributed by atoms with E-state index in [4.69, 9.17) is 4.74 Å². The van der Waals surface area contributed by atoms with E-state index in [1.807, 2.05) is 0 Å². The van der Waals surface area contributed by atoms with Crippen LogP contribution in [-0.2, 0) is 19.4 Å². The van der Waals surface area contributed by atoms with Gasteiger partial charge in [-0.25, -0.2) is 18.2 Å². The molecule has 1 aromatic heterocycles. The van der Waals surface area contributed by atoms with Crippen LogP contribution in [0.15, 0.2) is 78.9 Å². The van der Waals surface area contributed by atoms with Crippen molar-refractivity contribution in [1.82, 2.24) is 9.97 Å². The molecule has 0 aliphatic heterocycles. The van der Waals surface area contributed by atoms with Gasteiger partial charge in [-0.2, -0.15) is 0 Å². The molecule has 1 amide bonds. The minimum atomic E-state index is -4.04. The van der Waals surface area contributed by atoms with Crippen LogP contribution in [0.3, 0.4) is 0 Å². The summed E-state index contributed by atoms with van der Waals surface area (Å²) < 4.78 is 31.0. The van der Waals surface area contributed by atoms with Crippen molar-refractivity contribution in [1.29, 1.82) is 0 Å². The first kappa shape index (κ1) is 24.7. The SMILES string of the molecule is CCOC(=O)c1cccc(NC(=O)CSc2ncc(S(=O)(=O)c3ccc(Br)cc3)c(=O)[nH]2)c1. The molecule has 33 heavy (non-hydrogen) atoms. The van der Waals surface area contributed by atoms with Crippen molar-refractivity contribution in [3.8, 4) is 0 Å². The Morgan fingerprint density at radius 2 is 1.91 bits per heavy atom. The van der Waals surface area contributed by atoms with Gasteiger partial charge in [-0.05, 0) is 49.4 Å². The molecule has 2 aromatic carbocycles. The molecule has 12 heteroatoms. The minimum Gasteiger partial charge on any atom is -0.462 e. The number of ether oxygens (including phenoxy) is 1. The first-order valence-electron chi connectivity index (χ1n) is 9.50. The molecule has 3 aromatic rings. The zero-order chi connectivity index (χ0) is 24.0. The number of rotatable bonds is 8. The number of halogens is 1. The summed E-state index contributed by atoms with van der Waals surface area (Å²) in [5.74, 6) is -1.01. The molecule has 172 valence electrons. The van der Waals surface area contributed by atoms with E-state index in [9.17, 15) is 22.8 Å². The number of nitrogens with one attached hydrogen (secondary N) is 2. The van der Waals surface area contributed by atoms with E-state index in [-0.39, 0.29) is 22.4 Å². The number of carbonyl (C=O) groups is 2. The van der Waals surface area contributed by atoms with E-state index in [0.717, 1.165) is 18.0 Å². The Labute approximate surface area is 202 Å². The van der Waals surface area contributed by atoms with E-state index in [2.05, 4.69) is 31.2 Å². The maximum absolute atomic E-state index is 12.7. The molecule has 0 saturated carbocycles. The third-order valence-electron chi connectivity index (χ3n) is 4.15. The number of amides is 1. The van der Waals surface area contributed by atoms with Crippen molar-refractivity contribution in [2.24, 2.45) is 0 Å². The van der Waals surface area contributed by atoms with Crippen LogP contribution >= 0.6 is 27.7 Å². The summed E-state index contributed by atoms with van der Waals surface area (Å²) in [5.41, 5.74) is -0.127. The average Bonchev–Trinajstić information content (AvgIpc) is 2.78. The molecule has 2 N–H and O–H groups in total. The second-order valence-corrected chi connectivity index (χ2v) is 10.3. The van der Waals surface area contributed by atoms with Crippen molar-refractivity contribution in [2.75, 3.05) is 17.7 Å². The summed E-state index contributed by atoms with van der Waals surface area (Å²) in [6.07, 6.45) is 0.971. The quantitative estimate of drug-likeness (QED) is 0.247. The molecule has 9 nitrogen and oxygen atoms in total. The summed E-state index contributed by atoms with van der Waals surface area (Å²) in [6.45, 7) is 1.93. The van der Waals surface area contributed by atoms with Gasteiger partial charge in [-0.1, -0.05) is 33.8 Å². The van der Waals surface area contributed by atoms with E-state index < -0.39 is 32.2 Å². The van der Waals surface area contributed by atoms with Crippen LogP contribution in [0.2, 0.25) is 0 Å². The molecule has 0 spiro atoms. The Balaban J connectivity index is 1.66. The number of nitrogens with zero attached hydrogens (tertiary/aromatic N) is 1. The average molecular weight is 552 g/mol. The Bertz CT molecular complexity index is 1340. The third kappa shape index (κ3) is 6.30. The second-order valence-electron chi connectivity index (χ2n) is 6.48. The number of esters is 1. The Hall–Kier alpha value is -2.96. The van der Waals surface area contributed by atoms with Gasteiger partial charge < -0.3 is 15.0 Å². The fraction of sp³-hybridized carbons (Fsp3) is 0.143. The van der Waals surface area contributed by atoms with Gasteiger partial charge in [-0.15, -0.1) is 0 Å². The van der Waals surface area contributed by atoms with Gasteiger partial charge in [0.25, 0.3) is 5.56 Å². The van der Waals surface area contributed by atoms with Crippen molar-refractivity contribution in [3.63, 3.8) is 0 Å². The number of H-pyrrole nitrogens is 1. The Morgan fingerprint density at radius 3 is 2.58 bits per heavy atom. The van der Waals surface area contributed by atoms with Crippen molar-refractivity contribution in [2.45, 2.75) is 21.9 Å². The highest BCUT2D eigenvalue weighted by molar-refractivity contribution is 9.10. The summed E-state index contributed by atoms with van der Waals surface area (Å²) in [5, 5.41) is 2.73. The molecule has 0 bridgehead atoms. The monoisotopic (exact) mass is 551 g/mol. The minimum absolute atomic E-state index is 0.0390. The summed E-state index contributed by atoms with van der Waals surface area (Å²) in [4.78, 5) is 42.2. The zero-order valence-corrected chi connectivity index (χ0v) is 20.4. The summed E-state index contributed by atoms with van der Waals surface area (Å²) in [7, 11) is -4.04. The Morgan fingerprint density at radius 1 is 1.18 bits per heavy atom. The summed E-state index contributed by atoms with van der Waals surface area (Å²) >= 11 is 4.15. The molecular formula is C21H18BrN3O6S2. The fourth-order valence-electron chi connectivity index (χ4n) is 2.64. The maximum Gasteiger partial charge on any atom is 0.338 e. The van der Waals surface area contributed by atoms with E-state index >= 15 is 0 Å². The van der Waals surface area contributed by atoms with Crippen LogP contribution < -0.4 is 10.9 Å². The number of hydrogen-bond donors (Lipinski definition) is 2. The standard InChI is InChI=1S/C21H18BrN3O6S2/c1-2-31-20(28)13-4-3-5-15(10-13)24-18(26)12-32-21-23-11-17(19(27)25-21)33(29,30)16-8-6-14(22)7-9-16/h3-11H,2,12H2,1H3,(H,24,26)(H,23,25,27). The number of aromatic amines is 1. The lowest BCUT2D eigenvalue weighted by Crippen LogP contribution is -2.20. The van der Waals surface area contributed by atoms with Crippen molar-refractivity contribution >= 4 is 55.1 Å². The number of carbonyl (C=O) groups excluding carboxylic acids is 2. The van der Waals surface area contributed by atoms with Crippen LogP contribution in [0.5, 0.6) is 0 Å². The number of hydrogen-bond acceptors (Lipinski definition) is 8. The van der Waals surface area contributed by atoms with E-state index in [1.54, 1.807) is 37.3 Å². The molecule has 1 heterocycles. The molecule has 0 fully saturated rings. The lowest BCUT2D eigenvalue weighted by atomic mass is 10.2. The van der Waals surface area contributed by atoms with E-state index in [1.165, 1.54) is 18.2 Å². The van der Waals surface area contributed by atoms with Crippen LogP contribution in [-0.4, -0.2) is 42.6 Å². The van der Waals surface area contributed by atoms with Gasteiger partial charge in [0.2, 0.25) is 15.7 Å². The second kappa shape index (κ2) is 10.8. The number of sulfone groups is 1. The van der Waals surface area contributed by atoms with Gasteiger partial charge >= 0.3 is 5.97 Å². The smallest absolute Gasteiger partial charge is 0.338 e. The highest BCUT2D eigenvalue weighted by Gasteiger charge is 2.22. The topological polar surface area (TPSA) is 135 Å². The highest BCUT2D eigenvalue weighted by atomic mass is 79.9. The molecule has 0 radical (unpaired) electrons. The van der Waals surface area contributed by atoms with Gasteiger partial charge in [0.15, 0.2) is 10.1 Å². The Kier molecular flexibility index (Phi) is 8.06.